The number of nitrogens with one attached hydrogen (secondary N) is 1. The molecule has 4 heteroatoms. The second kappa shape index (κ2) is 5.94. The van der Waals surface area contributed by atoms with Crippen molar-refractivity contribution in [2.45, 2.75) is 31.7 Å². The van der Waals surface area contributed by atoms with Crippen molar-refractivity contribution in [1.29, 1.82) is 0 Å². The molecule has 1 atom stereocenters. The Morgan fingerprint density at radius 2 is 2.10 bits per heavy atom. The predicted molar refractivity (Wildman–Crippen MR) is 84.1 cm³/mol. The van der Waals surface area contributed by atoms with Crippen LogP contribution in [0.15, 0.2) is 29.6 Å². The average Bonchev–Trinajstić information content (AvgIpc) is 3.13. The molecule has 1 heterocycles. The molecule has 1 aromatic heterocycles. The summed E-state index contributed by atoms with van der Waals surface area (Å²) in [6.07, 6.45) is 4.90. The minimum Gasteiger partial charge on any atom is -0.348 e. The Bertz CT molecular complexity index is 601. The maximum atomic E-state index is 12.5. The Kier molecular flexibility index (Phi) is 4.03. The van der Waals surface area contributed by atoms with E-state index in [9.17, 15) is 4.79 Å². The third-order valence-corrected chi connectivity index (χ3v) is 5.23. The number of rotatable bonds is 4. The van der Waals surface area contributed by atoms with Crippen LogP contribution in [0.2, 0.25) is 0 Å². The molecule has 0 radical (unpaired) electrons. The summed E-state index contributed by atoms with van der Waals surface area (Å²) in [7, 11) is 0. The molecule has 2 aromatic rings. The Balaban J connectivity index is 1.78. The van der Waals surface area contributed by atoms with Gasteiger partial charge in [-0.05, 0) is 24.8 Å². The van der Waals surface area contributed by atoms with E-state index < -0.39 is 0 Å². The van der Waals surface area contributed by atoms with E-state index in [-0.39, 0.29) is 11.9 Å². The smallest absolute Gasteiger partial charge is 0.253 e. The molecule has 1 saturated carbocycles. The normalized spacial score (nSPS) is 17.4. The molecular formula is C16H20N2OS. The third-order valence-electron chi connectivity index (χ3n) is 4.26. The fraction of sp³-hybridized carbons (Fsp3) is 0.438. The number of fused-ring (bicyclic) bond motifs is 1. The Labute approximate surface area is 123 Å². The number of benzene rings is 1. The molecule has 3 N–H and O–H groups in total. The zero-order valence-electron chi connectivity index (χ0n) is 11.5. The molecule has 1 aliphatic rings. The lowest BCUT2D eigenvalue weighted by Gasteiger charge is -2.23. The quantitative estimate of drug-likeness (QED) is 0.908. The number of carbonyl (C=O) groups excluding carboxylic acids is 1. The number of hydrogen-bond donors (Lipinski definition) is 2. The summed E-state index contributed by atoms with van der Waals surface area (Å²) in [5.41, 5.74) is 6.63. The average molecular weight is 288 g/mol. The van der Waals surface area contributed by atoms with Crippen LogP contribution >= 0.6 is 11.3 Å². The molecule has 1 aliphatic carbocycles. The number of carbonyl (C=O) groups is 1. The summed E-state index contributed by atoms with van der Waals surface area (Å²) in [6.45, 7) is 0.526. The van der Waals surface area contributed by atoms with Gasteiger partial charge in [0.1, 0.15) is 0 Å². The summed E-state index contributed by atoms with van der Waals surface area (Å²) < 4.78 is 1.16. The first-order valence-corrected chi connectivity index (χ1v) is 8.14. The zero-order chi connectivity index (χ0) is 13.9. The fourth-order valence-corrected chi connectivity index (χ4v) is 4.07. The SMILES string of the molecule is NCC(NC(=O)c1csc2ccccc12)C1CCCC1. The second-order valence-corrected chi connectivity index (χ2v) is 6.42. The van der Waals surface area contributed by atoms with Crippen molar-refractivity contribution < 1.29 is 4.79 Å². The first-order chi connectivity index (χ1) is 9.79. The highest BCUT2D eigenvalue weighted by atomic mass is 32.1. The van der Waals surface area contributed by atoms with Gasteiger partial charge < -0.3 is 11.1 Å². The standard InChI is InChI=1S/C16H20N2OS/c17-9-14(11-5-1-2-6-11)18-16(19)13-10-20-15-8-4-3-7-12(13)15/h3-4,7-8,10-11,14H,1-2,5-6,9,17H2,(H,18,19). The molecule has 3 nitrogen and oxygen atoms in total. The van der Waals surface area contributed by atoms with Gasteiger partial charge in [-0.1, -0.05) is 31.0 Å². The largest absolute Gasteiger partial charge is 0.348 e. The monoisotopic (exact) mass is 288 g/mol. The van der Waals surface area contributed by atoms with E-state index in [1.54, 1.807) is 11.3 Å². The predicted octanol–water partition coefficient (Wildman–Crippen LogP) is 3.15. The van der Waals surface area contributed by atoms with Crippen LogP contribution in [-0.4, -0.2) is 18.5 Å². The van der Waals surface area contributed by atoms with E-state index in [1.807, 2.05) is 29.6 Å². The molecule has 0 aliphatic heterocycles. The molecule has 1 amide bonds. The minimum absolute atomic E-state index is 0.0183. The van der Waals surface area contributed by atoms with E-state index in [4.69, 9.17) is 5.73 Å². The molecule has 20 heavy (non-hydrogen) atoms. The van der Waals surface area contributed by atoms with Crippen molar-refractivity contribution in [3.63, 3.8) is 0 Å². The zero-order valence-corrected chi connectivity index (χ0v) is 12.3. The lowest BCUT2D eigenvalue weighted by Crippen LogP contribution is -2.44. The lowest BCUT2D eigenvalue weighted by molar-refractivity contribution is 0.0926. The second-order valence-electron chi connectivity index (χ2n) is 5.51. The van der Waals surface area contributed by atoms with E-state index in [1.165, 1.54) is 25.7 Å². The Morgan fingerprint density at radius 1 is 1.35 bits per heavy atom. The summed E-state index contributed by atoms with van der Waals surface area (Å²) in [6, 6.07) is 8.15. The summed E-state index contributed by atoms with van der Waals surface area (Å²) in [5.74, 6) is 0.568. The molecule has 1 fully saturated rings. The minimum atomic E-state index is 0.0183. The van der Waals surface area contributed by atoms with Crippen LogP contribution in [0.25, 0.3) is 10.1 Å². The lowest BCUT2D eigenvalue weighted by atomic mass is 9.98. The van der Waals surface area contributed by atoms with E-state index >= 15 is 0 Å². The van der Waals surface area contributed by atoms with Crippen LogP contribution in [0.5, 0.6) is 0 Å². The number of thiophene rings is 1. The maximum absolute atomic E-state index is 12.5. The van der Waals surface area contributed by atoms with Crippen LogP contribution in [0, 0.1) is 5.92 Å². The molecular weight excluding hydrogens is 268 g/mol. The number of nitrogens with two attached hydrogens (primary N) is 1. The van der Waals surface area contributed by atoms with E-state index in [2.05, 4.69) is 5.32 Å². The molecule has 106 valence electrons. The highest BCUT2D eigenvalue weighted by molar-refractivity contribution is 7.17. The Morgan fingerprint density at radius 3 is 2.85 bits per heavy atom. The van der Waals surface area contributed by atoms with E-state index in [0.29, 0.717) is 12.5 Å². The molecule has 3 rings (SSSR count). The summed E-state index contributed by atoms with van der Waals surface area (Å²) in [4.78, 5) is 12.5. The van der Waals surface area contributed by atoms with Crippen molar-refractivity contribution in [3.8, 4) is 0 Å². The molecule has 0 spiro atoms. The van der Waals surface area contributed by atoms with Gasteiger partial charge in [0.2, 0.25) is 0 Å². The van der Waals surface area contributed by atoms with Gasteiger partial charge in [0, 0.05) is 28.1 Å². The number of hydrogen-bond acceptors (Lipinski definition) is 3. The van der Waals surface area contributed by atoms with Gasteiger partial charge in [-0.3, -0.25) is 4.79 Å². The van der Waals surface area contributed by atoms with Crippen LogP contribution < -0.4 is 11.1 Å². The molecule has 0 saturated heterocycles. The summed E-state index contributed by atoms with van der Waals surface area (Å²) in [5, 5.41) is 6.13. The first-order valence-electron chi connectivity index (χ1n) is 7.26. The van der Waals surface area contributed by atoms with Gasteiger partial charge in [0.15, 0.2) is 0 Å². The van der Waals surface area contributed by atoms with Crippen molar-refractivity contribution in [2.24, 2.45) is 11.7 Å². The fourth-order valence-electron chi connectivity index (χ4n) is 3.13. The molecule has 0 bridgehead atoms. The van der Waals surface area contributed by atoms with E-state index in [0.717, 1.165) is 15.6 Å². The maximum Gasteiger partial charge on any atom is 0.253 e. The Hall–Kier alpha value is -1.39. The third kappa shape index (κ3) is 2.58. The summed E-state index contributed by atoms with van der Waals surface area (Å²) >= 11 is 1.62. The van der Waals surface area contributed by atoms with Gasteiger partial charge >= 0.3 is 0 Å². The van der Waals surface area contributed by atoms with Crippen LogP contribution in [0.1, 0.15) is 36.0 Å². The van der Waals surface area contributed by atoms with Gasteiger partial charge in [-0.25, -0.2) is 0 Å². The van der Waals surface area contributed by atoms with Crippen molar-refractivity contribution >= 4 is 27.3 Å². The van der Waals surface area contributed by atoms with Crippen LogP contribution in [0.3, 0.4) is 0 Å². The van der Waals surface area contributed by atoms with Crippen LogP contribution in [0.4, 0.5) is 0 Å². The topological polar surface area (TPSA) is 55.1 Å². The van der Waals surface area contributed by atoms with Crippen molar-refractivity contribution in [1.82, 2.24) is 5.32 Å². The van der Waals surface area contributed by atoms with Gasteiger partial charge in [0.25, 0.3) is 5.91 Å². The molecule has 1 aromatic carbocycles. The van der Waals surface area contributed by atoms with Gasteiger partial charge in [-0.15, -0.1) is 11.3 Å². The highest BCUT2D eigenvalue weighted by Gasteiger charge is 2.26. The number of amides is 1. The van der Waals surface area contributed by atoms with Crippen molar-refractivity contribution in [3.05, 3.63) is 35.2 Å². The van der Waals surface area contributed by atoms with Gasteiger partial charge in [-0.2, -0.15) is 0 Å². The van der Waals surface area contributed by atoms with Crippen LogP contribution in [-0.2, 0) is 0 Å². The highest BCUT2D eigenvalue weighted by Crippen LogP contribution is 2.29. The van der Waals surface area contributed by atoms with Gasteiger partial charge in [0.05, 0.1) is 5.56 Å². The van der Waals surface area contributed by atoms with Crippen molar-refractivity contribution in [2.75, 3.05) is 6.54 Å². The first kappa shape index (κ1) is 13.6. The molecule has 1 unspecified atom stereocenters.